The Hall–Kier alpha value is -1.88. The van der Waals surface area contributed by atoms with E-state index in [2.05, 4.69) is 38.3 Å². The van der Waals surface area contributed by atoms with Gasteiger partial charge in [-0.2, -0.15) is 0 Å². The van der Waals surface area contributed by atoms with Crippen LogP contribution in [0, 0.1) is 0 Å². The van der Waals surface area contributed by atoms with E-state index in [1.807, 2.05) is 34.9 Å². The summed E-state index contributed by atoms with van der Waals surface area (Å²) in [7, 11) is 1.65. The summed E-state index contributed by atoms with van der Waals surface area (Å²) in [5.41, 5.74) is 2.01. The SMILES string of the molecule is COc1ccc2nnc(Cc3cccc(Br)c3)n2c1. The molecule has 96 valence electrons. The normalized spacial score (nSPS) is 10.8. The van der Waals surface area contributed by atoms with Gasteiger partial charge in [0, 0.05) is 10.9 Å². The van der Waals surface area contributed by atoms with Crippen molar-refractivity contribution < 1.29 is 4.74 Å². The van der Waals surface area contributed by atoms with Gasteiger partial charge < -0.3 is 4.74 Å². The molecule has 0 aliphatic rings. The molecule has 19 heavy (non-hydrogen) atoms. The van der Waals surface area contributed by atoms with Gasteiger partial charge >= 0.3 is 0 Å². The topological polar surface area (TPSA) is 39.4 Å². The fourth-order valence-electron chi connectivity index (χ4n) is 1.99. The van der Waals surface area contributed by atoms with Crippen molar-refractivity contribution in [2.75, 3.05) is 7.11 Å². The van der Waals surface area contributed by atoms with E-state index in [9.17, 15) is 0 Å². The molecule has 0 spiro atoms. The van der Waals surface area contributed by atoms with E-state index in [0.717, 1.165) is 28.1 Å². The molecule has 0 N–H and O–H groups in total. The molecule has 1 aromatic carbocycles. The Morgan fingerprint density at radius 2 is 2.11 bits per heavy atom. The van der Waals surface area contributed by atoms with Gasteiger partial charge in [-0.05, 0) is 29.8 Å². The number of fused-ring (bicyclic) bond motifs is 1. The molecule has 0 aliphatic carbocycles. The summed E-state index contributed by atoms with van der Waals surface area (Å²) in [5.74, 6) is 1.69. The summed E-state index contributed by atoms with van der Waals surface area (Å²) in [5, 5.41) is 8.40. The molecule has 3 rings (SSSR count). The van der Waals surface area contributed by atoms with Crippen LogP contribution in [0.1, 0.15) is 11.4 Å². The molecule has 0 radical (unpaired) electrons. The standard InChI is InChI=1S/C14H12BrN3O/c1-19-12-5-6-13-16-17-14(18(13)9-12)8-10-3-2-4-11(15)7-10/h2-7,9H,8H2,1H3. The molecule has 2 heterocycles. The fourth-order valence-corrected chi connectivity index (χ4v) is 2.44. The number of ether oxygens (including phenoxy) is 1. The van der Waals surface area contributed by atoms with Crippen LogP contribution in [0.4, 0.5) is 0 Å². The third-order valence-corrected chi connectivity index (χ3v) is 3.43. The number of hydrogen-bond acceptors (Lipinski definition) is 3. The Labute approximate surface area is 119 Å². The van der Waals surface area contributed by atoms with Crippen LogP contribution in [0.2, 0.25) is 0 Å². The molecule has 0 fully saturated rings. The Balaban J connectivity index is 2.00. The highest BCUT2D eigenvalue weighted by Crippen LogP contribution is 2.17. The zero-order chi connectivity index (χ0) is 13.2. The van der Waals surface area contributed by atoms with E-state index in [4.69, 9.17) is 4.74 Å². The molecular formula is C14H12BrN3O. The second kappa shape index (κ2) is 5.01. The number of nitrogens with zero attached hydrogens (tertiary/aromatic N) is 3. The van der Waals surface area contributed by atoms with Crippen molar-refractivity contribution in [2.24, 2.45) is 0 Å². The first-order valence-electron chi connectivity index (χ1n) is 5.88. The number of methoxy groups -OCH3 is 1. The van der Waals surface area contributed by atoms with Gasteiger partial charge in [0.2, 0.25) is 0 Å². The molecule has 4 nitrogen and oxygen atoms in total. The first-order chi connectivity index (χ1) is 9.26. The fraction of sp³-hybridized carbons (Fsp3) is 0.143. The molecule has 2 aromatic heterocycles. The van der Waals surface area contributed by atoms with Gasteiger partial charge in [0.25, 0.3) is 0 Å². The van der Waals surface area contributed by atoms with Gasteiger partial charge in [-0.3, -0.25) is 4.40 Å². The Morgan fingerprint density at radius 1 is 1.21 bits per heavy atom. The molecule has 0 amide bonds. The molecule has 0 bridgehead atoms. The minimum absolute atomic E-state index is 0.730. The summed E-state index contributed by atoms with van der Waals surface area (Å²) >= 11 is 3.48. The monoisotopic (exact) mass is 317 g/mol. The van der Waals surface area contributed by atoms with Gasteiger partial charge in [0.05, 0.1) is 13.3 Å². The van der Waals surface area contributed by atoms with E-state index in [1.54, 1.807) is 7.11 Å². The molecule has 0 atom stereocenters. The summed E-state index contributed by atoms with van der Waals surface area (Å²) in [6, 6.07) is 12.0. The van der Waals surface area contributed by atoms with Crippen molar-refractivity contribution in [3.8, 4) is 5.75 Å². The zero-order valence-electron chi connectivity index (χ0n) is 10.4. The Kier molecular flexibility index (Phi) is 3.21. The maximum atomic E-state index is 5.23. The van der Waals surface area contributed by atoms with Gasteiger partial charge in [0.15, 0.2) is 5.65 Å². The van der Waals surface area contributed by atoms with Crippen molar-refractivity contribution in [3.05, 3.63) is 58.5 Å². The summed E-state index contributed by atoms with van der Waals surface area (Å²) in [6.45, 7) is 0. The van der Waals surface area contributed by atoms with Gasteiger partial charge in [-0.25, -0.2) is 0 Å². The van der Waals surface area contributed by atoms with Crippen molar-refractivity contribution in [1.82, 2.24) is 14.6 Å². The van der Waals surface area contributed by atoms with E-state index < -0.39 is 0 Å². The van der Waals surface area contributed by atoms with Crippen LogP contribution in [0.25, 0.3) is 5.65 Å². The third kappa shape index (κ3) is 2.46. The quantitative estimate of drug-likeness (QED) is 0.745. The summed E-state index contributed by atoms with van der Waals surface area (Å²) < 4.78 is 8.26. The number of hydrogen-bond donors (Lipinski definition) is 0. The highest BCUT2D eigenvalue weighted by Gasteiger charge is 2.07. The number of benzene rings is 1. The van der Waals surface area contributed by atoms with Crippen molar-refractivity contribution in [1.29, 1.82) is 0 Å². The van der Waals surface area contributed by atoms with Crippen LogP contribution >= 0.6 is 15.9 Å². The maximum absolute atomic E-state index is 5.23. The molecule has 3 aromatic rings. The van der Waals surface area contributed by atoms with E-state index in [1.165, 1.54) is 5.56 Å². The van der Waals surface area contributed by atoms with Gasteiger partial charge in [-0.1, -0.05) is 28.1 Å². The average molecular weight is 318 g/mol. The lowest BCUT2D eigenvalue weighted by atomic mass is 10.1. The number of halogens is 1. The lowest BCUT2D eigenvalue weighted by Crippen LogP contribution is -1.97. The zero-order valence-corrected chi connectivity index (χ0v) is 12.0. The Morgan fingerprint density at radius 3 is 2.89 bits per heavy atom. The summed E-state index contributed by atoms with van der Waals surface area (Å²) in [4.78, 5) is 0. The van der Waals surface area contributed by atoms with Crippen molar-refractivity contribution in [3.63, 3.8) is 0 Å². The summed E-state index contributed by atoms with van der Waals surface area (Å²) in [6.07, 6.45) is 2.64. The highest BCUT2D eigenvalue weighted by molar-refractivity contribution is 9.10. The van der Waals surface area contributed by atoms with Gasteiger partial charge in [-0.15, -0.1) is 10.2 Å². The van der Waals surface area contributed by atoms with Crippen LogP contribution in [0.3, 0.4) is 0 Å². The lowest BCUT2D eigenvalue weighted by Gasteiger charge is -2.03. The second-order valence-corrected chi connectivity index (χ2v) is 5.14. The van der Waals surface area contributed by atoms with E-state index in [-0.39, 0.29) is 0 Å². The average Bonchev–Trinajstić information content (AvgIpc) is 2.81. The van der Waals surface area contributed by atoms with Gasteiger partial charge in [0.1, 0.15) is 11.6 Å². The molecule has 0 saturated carbocycles. The Bertz CT molecular complexity index is 724. The minimum Gasteiger partial charge on any atom is -0.495 e. The van der Waals surface area contributed by atoms with Crippen LogP contribution in [0.15, 0.2) is 47.1 Å². The van der Waals surface area contributed by atoms with Crippen molar-refractivity contribution >= 4 is 21.6 Å². The second-order valence-electron chi connectivity index (χ2n) is 4.22. The van der Waals surface area contributed by atoms with E-state index >= 15 is 0 Å². The molecular weight excluding hydrogens is 306 g/mol. The first kappa shape index (κ1) is 12.2. The number of rotatable bonds is 3. The minimum atomic E-state index is 0.730. The highest BCUT2D eigenvalue weighted by atomic mass is 79.9. The predicted octanol–water partition coefficient (Wildman–Crippen LogP) is 3.09. The molecule has 0 aliphatic heterocycles. The van der Waals surface area contributed by atoms with E-state index in [0.29, 0.717) is 0 Å². The largest absolute Gasteiger partial charge is 0.495 e. The molecule has 5 heteroatoms. The van der Waals surface area contributed by atoms with Crippen LogP contribution in [-0.2, 0) is 6.42 Å². The third-order valence-electron chi connectivity index (χ3n) is 2.93. The first-order valence-corrected chi connectivity index (χ1v) is 6.67. The molecule has 0 unspecified atom stereocenters. The number of aromatic nitrogens is 3. The van der Waals surface area contributed by atoms with Crippen LogP contribution in [-0.4, -0.2) is 21.7 Å². The maximum Gasteiger partial charge on any atom is 0.161 e. The number of pyridine rings is 1. The van der Waals surface area contributed by atoms with Crippen LogP contribution < -0.4 is 4.74 Å². The molecule has 0 saturated heterocycles. The smallest absolute Gasteiger partial charge is 0.161 e. The van der Waals surface area contributed by atoms with Crippen LogP contribution in [0.5, 0.6) is 5.75 Å². The van der Waals surface area contributed by atoms with Crippen molar-refractivity contribution in [2.45, 2.75) is 6.42 Å². The predicted molar refractivity (Wildman–Crippen MR) is 76.5 cm³/mol. The lowest BCUT2D eigenvalue weighted by molar-refractivity contribution is 0.412.